The van der Waals surface area contributed by atoms with Gasteiger partial charge in [-0.05, 0) is 12.8 Å². The maximum Gasteiger partial charge on any atom is 0.308 e. The van der Waals surface area contributed by atoms with E-state index in [1.165, 1.54) is 116 Å². The highest BCUT2D eigenvalue weighted by Crippen LogP contribution is 2.15. The summed E-state index contributed by atoms with van der Waals surface area (Å²) >= 11 is 0. The minimum absolute atomic E-state index is 0.236. The largest absolute Gasteiger partial charge is 0.425 e. The van der Waals surface area contributed by atoms with Gasteiger partial charge in [-0.3, -0.25) is 9.59 Å². The molecule has 0 bridgehead atoms. The van der Waals surface area contributed by atoms with Gasteiger partial charge in [0, 0.05) is 12.8 Å². The summed E-state index contributed by atoms with van der Waals surface area (Å²) in [7, 11) is 6.28. The van der Waals surface area contributed by atoms with Crippen LogP contribution in [0.3, 0.4) is 0 Å². The molecule has 39 heavy (non-hydrogen) atoms. The molecule has 0 spiro atoms. The van der Waals surface area contributed by atoms with Crippen molar-refractivity contribution < 1.29 is 23.5 Å². The molecule has 0 aromatic heterocycles. The number of quaternary nitrogens is 1. The van der Waals surface area contributed by atoms with Crippen molar-refractivity contribution in [2.45, 2.75) is 181 Å². The molecule has 0 unspecified atom stereocenters. The third-order valence-corrected chi connectivity index (χ3v) is 7.53. The SMILES string of the molecule is CCCCCCCCCCCCCC(=O)OC(CC[N+](C)(C)C)OC(=O)CCCCCCCCCCCCC. The molecule has 0 aliphatic heterocycles. The summed E-state index contributed by atoms with van der Waals surface area (Å²) in [5.74, 6) is -0.473. The van der Waals surface area contributed by atoms with Crippen LogP contribution in [0, 0.1) is 0 Å². The summed E-state index contributed by atoms with van der Waals surface area (Å²) in [6.07, 6.45) is 28.2. The molecule has 0 aromatic carbocycles. The highest BCUT2D eigenvalue weighted by Gasteiger charge is 2.22. The van der Waals surface area contributed by atoms with Crippen LogP contribution < -0.4 is 0 Å². The van der Waals surface area contributed by atoms with Crippen molar-refractivity contribution in [2.75, 3.05) is 27.7 Å². The monoisotopic (exact) mass is 555 g/mol. The Labute approximate surface area is 243 Å². The number of esters is 2. The van der Waals surface area contributed by atoms with E-state index >= 15 is 0 Å². The molecule has 0 saturated carbocycles. The normalized spacial score (nSPS) is 11.7. The topological polar surface area (TPSA) is 52.6 Å². The predicted octanol–water partition coefficient (Wildman–Crippen LogP) is 9.90. The van der Waals surface area contributed by atoms with Crippen molar-refractivity contribution in [2.24, 2.45) is 0 Å². The van der Waals surface area contributed by atoms with Gasteiger partial charge in [0.05, 0.1) is 34.1 Å². The number of hydrogen-bond acceptors (Lipinski definition) is 4. The first-order valence-electron chi connectivity index (χ1n) is 17.0. The summed E-state index contributed by atoms with van der Waals surface area (Å²) in [6, 6.07) is 0. The minimum Gasteiger partial charge on any atom is -0.425 e. The zero-order valence-electron chi connectivity index (χ0n) is 27.0. The average molecular weight is 555 g/mol. The lowest BCUT2D eigenvalue weighted by Crippen LogP contribution is -2.38. The Bertz CT molecular complexity index is 518. The number of rotatable bonds is 29. The van der Waals surface area contributed by atoms with E-state index < -0.39 is 6.29 Å². The van der Waals surface area contributed by atoms with Gasteiger partial charge in [-0.25, -0.2) is 0 Å². The lowest BCUT2D eigenvalue weighted by atomic mass is 10.1. The van der Waals surface area contributed by atoms with E-state index in [1.807, 2.05) is 0 Å². The van der Waals surface area contributed by atoms with E-state index in [4.69, 9.17) is 9.47 Å². The predicted molar refractivity (Wildman–Crippen MR) is 166 cm³/mol. The van der Waals surface area contributed by atoms with Crippen LogP contribution in [0.2, 0.25) is 0 Å². The molecule has 0 saturated heterocycles. The second kappa shape index (κ2) is 27.1. The van der Waals surface area contributed by atoms with Crippen molar-refractivity contribution >= 4 is 11.9 Å². The molecule has 0 rings (SSSR count). The summed E-state index contributed by atoms with van der Waals surface area (Å²) in [5.41, 5.74) is 0. The number of hydrogen-bond donors (Lipinski definition) is 0. The van der Waals surface area contributed by atoms with E-state index in [0.29, 0.717) is 19.3 Å². The molecular formula is C34H68NO4+. The van der Waals surface area contributed by atoms with Crippen molar-refractivity contribution in [1.82, 2.24) is 0 Å². The van der Waals surface area contributed by atoms with E-state index in [2.05, 4.69) is 35.0 Å². The molecular weight excluding hydrogens is 486 g/mol. The number of carbonyl (C=O) groups excluding carboxylic acids is 2. The van der Waals surface area contributed by atoms with Crippen LogP contribution in [-0.4, -0.2) is 50.4 Å². The Hall–Kier alpha value is -1.10. The molecule has 0 aromatic rings. The zero-order chi connectivity index (χ0) is 29.0. The summed E-state index contributed by atoms with van der Waals surface area (Å²) in [4.78, 5) is 24.9. The van der Waals surface area contributed by atoms with Crippen LogP contribution in [0.25, 0.3) is 0 Å². The van der Waals surface area contributed by atoms with E-state index in [1.54, 1.807) is 0 Å². The van der Waals surface area contributed by atoms with Gasteiger partial charge in [0.1, 0.15) is 0 Å². The summed E-state index contributed by atoms with van der Waals surface area (Å²) in [6.45, 7) is 5.30. The molecule has 5 heteroatoms. The van der Waals surface area contributed by atoms with Crippen molar-refractivity contribution in [3.63, 3.8) is 0 Å². The molecule has 0 radical (unpaired) electrons. The fourth-order valence-corrected chi connectivity index (χ4v) is 4.91. The standard InChI is InChI=1S/C34H68NO4/c1-6-8-10-12-14-16-18-20-22-24-26-28-32(36)38-34(30-31-35(3,4)5)39-33(37)29-27-25-23-21-19-17-15-13-11-9-7-2/h34H,6-31H2,1-5H3/q+1. The molecule has 0 aliphatic carbocycles. The van der Waals surface area contributed by atoms with Crippen LogP contribution in [0.4, 0.5) is 0 Å². The molecule has 5 nitrogen and oxygen atoms in total. The van der Waals surface area contributed by atoms with Crippen molar-refractivity contribution in [1.29, 1.82) is 0 Å². The molecule has 0 atom stereocenters. The van der Waals surface area contributed by atoms with Crippen molar-refractivity contribution in [3.8, 4) is 0 Å². The Morgan fingerprint density at radius 2 is 0.769 bits per heavy atom. The summed E-state index contributed by atoms with van der Waals surface area (Å²) in [5, 5.41) is 0. The number of nitrogens with zero attached hydrogens (tertiary/aromatic N) is 1. The van der Waals surface area contributed by atoms with E-state index in [0.717, 1.165) is 36.7 Å². The maximum atomic E-state index is 12.5. The molecule has 0 amide bonds. The van der Waals surface area contributed by atoms with Gasteiger partial charge in [-0.2, -0.15) is 0 Å². The van der Waals surface area contributed by atoms with Gasteiger partial charge >= 0.3 is 11.9 Å². The molecule has 0 aliphatic rings. The molecule has 0 heterocycles. The molecule has 232 valence electrons. The van der Waals surface area contributed by atoms with Crippen LogP contribution >= 0.6 is 0 Å². The van der Waals surface area contributed by atoms with Gasteiger partial charge in [0.15, 0.2) is 0 Å². The molecule has 0 N–H and O–H groups in total. The fraction of sp³-hybridized carbons (Fsp3) is 0.941. The van der Waals surface area contributed by atoms with Gasteiger partial charge < -0.3 is 14.0 Å². The highest BCUT2D eigenvalue weighted by molar-refractivity contribution is 5.71. The summed E-state index contributed by atoms with van der Waals surface area (Å²) < 4.78 is 12.0. The lowest BCUT2D eigenvalue weighted by molar-refractivity contribution is -0.871. The van der Waals surface area contributed by atoms with E-state index in [-0.39, 0.29) is 11.9 Å². The van der Waals surface area contributed by atoms with E-state index in [9.17, 15) is 9.59 Å². The van der Waals surface area contributed by atoms with Crippen LogP contribution in [-0.2, 0) is 19.1 Å². The Morgan fingerprint density at radius 3 is 1.05 bits per heavy atom. The van der Waals surface area contributed by atoms with Gasteiger partial charge in [0.2, 0.25) is 0 Å². The Balaban J connectivity index is 4.03. The second-order valence-electron chi connectivity index (χ2n) is 12.8. The lowest BCUT2D eigenvalue weighted by Gasteiger charge is -2.26. The second-order valence-corrected chi connectivity index (χ2v) is 12.8. The third-order valence-electron chi connectivity index (χ3n) is 7.53. The quantitative estimate of drug-likeness (QED) is 0.0399. The van der Waals surface area contributed by atoms with Crippen LogP contribution in [0.1, 0.15) is 174 Å². The Kier molecular flexibility index (Phi) is 26.3. The van der Waals surface area contributed by atoms with Gasteiger partial charge in [0.25, 0.3) is 6.29 Å². The van der Waals surface area contributed by atoms with Crippen molar-refractivity contribution in [3.05, 3.63) is 0 Å². The maximum absolute atomic E-state index is 12.5. The first kappa shape index (κ1) is 37.9. The van der Waals surface area contributed by atoms with Gasteiger partial charge in [-0.15, -0.1) is 0 Å². The fourth-order valence-electron chi connectivity index (χ4n) is 4.91. The number of carbonyl (C=O) groups is 2. The number of ether oxygens (including phenoxy) is 2. The first-order valence-corrected chi connectivity index (χ1v) is 17.0. The average Bonchev–Trinajstić information content (AvgIpc) is 2.88. The zero-order valence-corrected chi connectivity index (χ0v) is 27.0. The van der Waals surface area contributed by atoms with Gasteiger partial charge in [-0.1, -0.05) is 142 Å². The van der Waals surface area contributed by atoms with Crippen LogP contribution in [0.5, 0.6) is 0 Å². The smallest absolute Gasteiger partial charge is 0.308 e. The Morgan fingerprint density at radius 1 is 0.487 bits per heavy atom. The highest BCUT2D eigenvalue weighted by atomic mass is 16.7. The molecule has 0 fully saturated rings. The first-order chi connectivity index (χ1) is 18.8. The van der Waals surface area contributed by atoms with Crippen LogP contribution in [0.15, 0.2) is 0 Å². The third kappa shape index (κ3) is 29.7. The number of unbranched alkanes of at least 4 members (excludes halogenated alkanes) is 20. The minimum atomic E-state index is -0.761.